The summed E-state index contributed by atoms with van der Waals surface area (Å²) in [6.07, 6.45) is -1.10. The number of benzene rings is 1. The highest BCUT2D eigenvalue weighted by molar-refractivity contribution is 5.83. The van der Waals surface area contributed by atoms with Crippen LogP contribution in [0, 0.1) is 0 Å². The molecule has 1 heterocycles. The third-order valence-electron chi connectivity index (χ3n) is 3.16. The third-order valence-corrected chi connectivity index (χ3v) is 3.16. The van der Waals surface area contributed by atoms with Crippen LogP contribution in [0.3, 0.4) is 0 Å². The van der Waals surface area contributed by atoms with Crippen LogP contribution < -0.4 is 0 Å². The van der Waals surface area contributed by atoms with E-state index in [0.717, 1.165) is 0 Å². The van der Waals surface area contributed by atoms with Crippen LogP contribution in [-0.4, -0.2) is 41.1 Å². The summed E-state index contributed by atoms with van der Waals surface area (Å²) in [5.41, 5.74) is 0.556. The molecule has 0 amide bonds. The maximum atomic E-state index is 11.3. The van der Waals surface area contributed by atoms with E-state index in [2.05, 4.69) is 0 Å². The van der Waals surface area contributed by atoms with Gasteiger partial charge in [0.2, 0.25) is 0 Å². The molecular formula is C15H18O5. The molecule has 0 spiro atoms. The summed E-state index contributed by atoms with van der Waals surface area (Å²) >= 11 is 0. The van der Waals surface area contributed by atoms with Crippen molar-refractivity contribution in [2.75, 3.05) is 6.61 Å². The Morgan fingerprint density at radius 3 is 2.65 bits per heavy atom. The second-order valence-electron chi connectivity index (χ2n) is 4.53. The topological polar surface area (TPSA) is 76.0 Å². The lowest BCUT2D eigenvalue weighted by Gasteiger charge is -2.33. The molecule has 0 saturated heterocycles. The molecule has 0 aromatic heterocycles. The molecule has 2 N–H and O–H groups in total. The molecule has 0 bridgehead atoms. The number of aliphatic hydroxyl groups is 2. The van der Waals surface area contributed by atoms with Crippen molar-refractivity contribution in [2.24, 2.45) is 0 Å². The van der Waals surface area contributed by atoms with E-state index in [1.165, 1.54) is 6.08 Å². The van der Waals surface area contributed by atoms with Gasteiger partial charge >= 0.3 is 5.97 Å². The van der Waals surface area contributed by atoms with E-state index in [1.807, 2.05) is 6.07 Å². The minimum atomic E-state index is -1.26. The van der Waals surface area contributed by atoms with Crippen molar-refractivity contribution >= 4 is 5.97 Å². The molecule has 4 atom stereocenters. The van der Waals surface area contributed by atoms with Gasteiger partial charge in [0.15, 0.2) is 6.10 Å². The van der Waals surface area contributed by atoms with E-state index < -0.39 is 30.4 Å². The largest absolute Gasteiger partial charge is 0.453 e. The number of cyclic esters (lactones) is 1. The highest BCUT2D eigenvalue weighted by Gasteiger charge is 2.37. The van der Waals surface area contributed by atoms with Crippen LogP contribution in [0.15, 0.2) is 42.5 Å². The Morgan fingerprint density at radius 2 is 2.00 bits per heavy atom. The van der Waals surface area contributed by atoms with Crippen molar-refractivity contribution in [3.05, 3.63) is 48.0 Å². The normalized spacial score (nSPS) is 25.1. The fraction of sp³-hybridized carbons (Fsp3) is 0.400. The standard InChI is InChI=1S/C15H18O5/c1-2-19-11-8-9-12(16)20-15(11)14(18)13(17)10-6-4-3-5-7-10/h3-9,11,13-15,17-18H,2H2,1H3. The average molecular weight is 278 g/mol. The second-order valence-corrected chi connectivity index (χ2v) is 4.53. The van der Waals surface area contributed by atoms with E-state index in [1.54, 1.807) is 37.3 Å². The van der Waals surface area contributed by atoms with Gasteiger partial charge in [-0.05, 0) is 18.6 Å². The van der Waals surface area contributed by atoms with Crippen molar-refractivity contribution in [3.8, 4) is 0 Å². The highest BCUT2D eigenvalue weighted by Crippen LogP contribution is 2.25. The van der Waals surface area contributed by atoms with Crippen LogP contribution in [-0.2, 0) is 14.3 Å². The third kappa shape index (κ3) is 3.25. The Morgan fingerprint density at radius 1 is 1.30 bits per heavy atom. The molecule has 2 rings (SSSR count). The molecular weight excluding hydrogens is 260 g/mol. The lowest BCUT2D eigenvalue weighted by molar-refractivity contribution is -0.170. The monoisotopic (exact) mass is 278 g/mol. The van der Waals surface area contributed by atoms with E-state index in [4.69, 9.17) is 9.47 Å². The second kappa shape index (κ2) is 6.65. The Kier molecular flexibility index (Phi) is 4.89. The molecule has 108 valence electrons. The van der Waals surface area contributed by atoms with E-state index in [9.17, 15) is 15.0 Å². The fourth-order valence-corrected chi connectivity index (χ4v) is 2.16. The Bertz CT molecular complexity index is 470. The van der Waals surface area contributed by atoms with Gasteiger partial charge in [0.1, 0.15) is 18.3 Å². The molecule has 1 aliphatic rings. The lowest BCUT2D eigenvalue weighted by atomic mass is 9.96. The summed E-state index contributed by atoms with van der Waals surface area (Å²) in [4.78, 5) is 11.3. The van der Waals surface area contributed by atoms with Crippen LogP contribution in [0.25, 0.3) is 0 Å². The van der Waals surface area contributed by atoms with Crippen molar-refractivity contribution in [3.63, 3.8) is 0 Å². The Balaban J connectivity index is 2.15. The Hall–Kier alpha value is -1.69. The van der Waals surface area contributed by atoms with Gasteiger partial charge in [0, 0.05) is 12.7 Å². The summed E-state index contributed by atoms with van der Waals surface area (Å²) < 4.78 is 10.5. The van der Waals surface area contributed by atoms with Gasteiger partial charge in [-0.1, -0.05) is 30.3 Å². The number of hydrogen-bond acceptors (Lipinski definition) is 5. The van der Waals surface area contributed by atoms with Crippen molar-refractivity contribution in [1.82, 2.24) is 0 Å². The molecule has 4 unspecified atom stereocenters. The number of esters is 1. The molecule has 0 fully saturated rings. The molecule has 5 heteroatoms. The number of carbonyl (C=O) groups excluding carboxylic acids is 1. The Labute approximate surface area is 117 Å². The van der Waals surface area contributed by atoms with Crippen LogP contribution in [0.2, 0.25) is 0 Å². The summed E-state index contributed by atoms with van der Waals surface area (Å²) in [6.45, 7) is 2.22. The van der Waals surface area contributed by atoms with Gasteiger partial charge in [-0.3, -0.25) is 0 Å². The first kappa shape index (κ1) is 14.7. The number of hydrogen-bond donors (Lipinski definition) is 2. The van der Waals surface area contributed by atoms with E-state index in [-0.39, 0.29) is 0 Å². The quantitative estimate of drug-likeness (QED) is 0.785. The van der Waals surface area contributed by atoms with Crippen LogP contribution in [0.5, 0.6) is 0 Å². The van der Waals surface area contributed by atoms with Crippen molar-refractivity contribution in [1.29, 1.82) is 0 Å². The number of carbonyl (C=O) groups is 1. The minimum Gasteiger partial charge on any atom is -0.453 e. The smallest absolute Gasteiger partial charge is 0.330 e. The van der Waals surface area contributed by atoms with Gasteiger partial charge < -0.3 is 19.7 Å². The van der Waals surface area contributed by atoms with E-state index >= 15 is 0 Å². The summed E-state index contributed by atoms with van der Waals surface area (Å²) in [7, 11) is 0. The molecule has 0 saturated carbocycles. The molecule has 1 aromatic carbocycles. The average Bonchev–Trinajstić information content (AvgIpc) is 2.48. The number of ether oxygens (including phenoxy) is 2. The predicted octanol–water partition coefficient (Wildman–Crippen LogP) is 0.968. The molecule has 1 aromatic rings. The first-order chi connectivity index (χ1) is 9.63. The van der Waals surface area contributed by atoms with Gasteiger partial charge in [0.25, 0.3) is 0 Å². The fourth-order valence-electron chi connectivity index (χ4n) is 2.16. The maximum Gasteiger partial charge on any atom is 0.330 e. The molecule has 5 nitrogen and oxygen atoms in total. The van der Waals surface area contributed by atoms with Gasteiger partial charge in [-0.2, -0.15) is 0 Å². The molecule has 0 aliphatic carbocycles. The molecule has 20 heavy (non-hydrogen) atoms. The van der Waals surface area contributed by atoms with E-state index in [0.29, 0.717) is 12.2 Å². The zero-order chi connectivity index (χ0) is 14.5. The van der Waals surface area contributed by atoms with Crippen LogP contribution in [0.1, 0.15) is 18.6 Å². The number of rotatable bonds is 5. The summed E-state index contributed by atoms with van der Waals surface area (Å²) in [5, 5.41) is 20.5. The minimum absolute atomic E-state index is 0.414. The van der Waals surface area contributed by atoms with Gasteiger partial charge in [-0.25, -0.2) is 4.79 Å². The van der Waals surface area contributed by atoms with Gasteiger partial charge in [0.05, 0.1) is 0 Å². The zero-order valence-corrected chi connectivity index (χ0v) is 11.2. The van der Waals surface area contributed by atoms with Crippen molar-refractivity contribution in [2.45, 2.75) is 31.3 Å². The first-order valence-electron chi connectivity index (χ1n) is 6.55. The summed E-state index contributed by atoms with van der Waals surface area (Å²) in [6, 6.07) is 8.74. The molecule has 0 radical (unpaired) electrons. The van der Waals surface area contributed by atoms with Crippen LogP contribution in [0.4, 0.5) is 0 Å². The zero-order valence-electron chi connectivity index (χ0n) is 11.2. The van der Waals surface area contributed by atoms with Crippen LogP contribution >= 0.6 is 0 Å². The lowest BCUT2D eigenvalue weighted by Crippen LogP contribution is -2.46. The SMILES string of the molecule is CCOC1C=CC(=O)OC1C(O)C(O)c1ccccc1. The summed E-state index contributed by atoms with van der Waals surface area (Å²) in [5.74, 6) is -0.551. The predicted molar refractivity (Wildman–Crippen MR) is 71.8 cm³/mol. The number of aliphatic hydroxyl groups excluding tert-OH is 2. The highest BCUT2D eigenvalue weighted by atomic mass is 16.6. The maximum absolute atomic E-state index is 11.3. The van der Waals surface area contributed by atoms with Crippen molar-refractivity contribution < 1.29 is 24.5 Å². The molecule has 1 aliphatic heterocycles. The first-order valence-corrected chi connectivity index (χ1v) is 6.55. The van der Waals surface area contributed by atoms with Gasteiger partial charge in [-0.15, -0.1) is 0 Å².